The third kappa shape index (κ3) is 3.92. The first-order valence-electron chi connectivity index (χ1n) is 8.28. The van der Waals surface area contributed by atoms with Gasteiger partial charge >= 0.3 is 0 Å². The zero-order chi connectivity index (χ0) is 17.0. The van der Waals surface area contributed by atoms with Crippen molar-refractivity contribution in [1.82, 2.24) is 10.3 Å². The number of benzene rings is 1. The number of hydrogen-bond acceptors (Lipinski definition) is 4. The van der Waals surface area contributed by atoms with E-state index in [1.54, 1.807) is 13.1 Å². The van der Waals surface area contributed by atoms with E-state index in [0.717, 1.165) is 30.9 Å². The molecule has 0 aliphatic carbocycles. The maximum absolute atomic E-state index is 12.3. The fraction of sp³-hybridized carbons (Fsp3) is 0.368. The maximum Gasteiger partial charge on any atom is 0.223 e. The van der Waals surface area contributed by atoms with Gasteiger partial charge in [-0.25, -0.2) is 4.98 Å². The van der Waals surface area contributed by atoms with E-state index in [4.69, 9.17) is 0 Å². The number of amides is 1. The number of carbonyl (C=O) groups is 1. The molecule has 2 atom stereocenters. The Balaban J connectivity index is 1.54. The Kier molecular flexibility index (Phi) is 4.81. The van der Waals surface area contributed by atoms with Crippen LogP contribution in [0.1, 0.15) is 25.3 Å². The molecule has 2 N–H and O–H groups in total. The maximum atomic E-state index is 12.3. The van der Waals surface area contributed by atoms with Crippen LogP contribution in [0.5, 0.6) is 0 Å². The van der Waals surface area contributed by atoms with E-state index in [2.05, 4.69) is 15.2 Å². The van der Waals surface area contributed by atoms with Crippen LogP contribution in [-0.2, 0) is 10.4 Å². The fourth-order valence-corrected chi connectivity index (χ4v) is 3.12. The molecule has 0 radical (unpaired) electrons. The van der Waals surface area contributed by atoms with Gasteiger partial charge in [0.2, 0.25) is 5.91 Å². The van der Waals surface area contributed by atoms with Crippen LogP contribution in [0.2, 0.25) is 0 Å². The van der Waals surface area contributed by atoms with Gasteiger partial charge in [0.1, 0.15) is 5.82 Å². The van der Waals surface area contributed by atoms with Gasteiger partial charge in [-0.15, -0.1) is 0 Å². The Bertz CT molecular complexity index is 674. The lowest BCUT2D eigenvalue weighted by Gasteiger charge is -2.24. The van der Waals surface area contributed by atoms with Gasteiger partial charge in [-0.3, -0.25) is 4.79 Å². The van der Waals surface area contributed by atoms with Gasteiger partial charge in [0.05, 0.1) is 12.0 Å². The van der Waals surface area contributed by atoms with E-state index >= 15 is 0 Å². The van der Waals surface area contributed by atoms with E-state index in [9.17, 15) is 9.90 Å². The molecule has 2 unspecified atom stereocenters. The summed E-state index contributed by atoms with van der Waals surface area (Å²) in [6.45, 7) is 3.30. The molecule has 2 aromatic rings. The molecule has 1 fully saturated rings. The minimum absolute atomic E-state index is 0.0527. The molecule has 5 nitrogen and oxygen atoms in total. The van der Waals surface area contributed by atoms with E-state index in [-0.39, 0.29) is 18.4 Å². The molecule has 2 heterocycles. The second-order valence-electron chi connectivity index (χ2n) is 6.50. The number of aromatic nitrogens is 1. The summed E-state index contributed by atoms with van der Waals surface area (Å²) in [5.41, 5.74) is -0.411. The van der Waals surface area contributed by atoms with Crippen LogP contribution in [0.3, 0.4) is 0 Å². The van der Waals surface area contributed by atoms with Gasteiger partial charge in [0.25, 0.3) is 0 Å². The van der Waals surface area contributed by atoms with Crippen LogP contribution >= 0.6 is 0 Å². The van der Waals surface area contributed by atoms with Crippen molar-refractivity contribution >= 4 is 11.7 Å². The summed E-state index contributed by atoms with van der Waals surface area (Å²) in [6, 6.07) is 15.2. The summed E-state index contributed by atoms with van der Waals surface area (Å²) in [5.74, 6) is 0.808. The van der Waals surface area contributed by atoms with Crippen LogP contribution in [0.25, 0.3) is 0 Å². The smallest absolute Gasteiger partial charge is 0.223 e. The molecule has 0 bridgehead atoms. The first-order chi connectivity index (χ1) is 11.5. The topological polar surface area (TPSA) is 65.5 Å². The number of nitrogens with one attached hydrogen (secondary N) is 1. The predicted molar refractivity (Wildman–Crippen MR) is 93.6 cm³/mol. The highest BCUT2D eigenvalue weighted by molar-refractivity contribution is 5.77. The average molecular weight is 325 g/mol. The van der Waals surface area contributed by atoms with E-state index in [1.165, 1.54) is 0 Å². The molecule has 0 spiro atoms. The van der Waals surface area contributed by atoms with Crippen molar-refractivity contribution in [1.29, 1.82) is 0 Å². The molecule has 5 heteroatoms. The minimum atomic E-state index is -1.16. The highest BCUT2D eigenvalue weighted by Gasteiger charge is 2.29. The lowest BCUT2D eigenvalue weighted by atomic mass is 9.92. The number of carbonyl (C=O) groups excluding carboxylic acids is 1. The summed E-state index contributed by atoms with van der Waals surface area (Å²) < 4.78 is 0. The Morgan fingerprint density at radius 3 is 2.75 bits per heavy atom. The van der Waals surface area contributed by atoms with Crippen molar-refractivity contribution < 1.29 is 9.90 Å². The summed E-state index contributed by atoms with van der Waals surface area (Å²) in [7, 11) is 0. The first kappa shape index (κ1) is 16.5. The van der Waals surface area contributed by atoms with Crippen molar-refractivity contribution in [3.05, 3.63) is 60.3 Å². The van der Waals surface area contributed by atoms with Gasteiger partial charge in [0, 0.05) is 25.3 Å². The molecular weight excluding hydrogens is 302 g/mol. The number of rotatable bonds is 5. The zero-order valence-corrected chi connectivity index (χ0v) is 13.9. The highest BCUT2D eigenvalue weighted by Crippen LogP contribution is 2.24. The molecule has 1 aromatic heterocycles. The third-order valence-corrected chi connectivity index (χ3v) is 4.43. The van der Waals surface area contributed by atoms with E-state index in [0.29, 0.717) is 0 Å². The summed E-state index contributed by atoms with van der Waals surface area (Å²) >= 11 is 0. The zero-order valence-electron chi connectivity index (χ0n) is 13.9. The van der Waals surface area contributed by atoms with Crippen molar-refractivity contribution in [2.45, 2.75) is 31.4 Å². The fourth-order valence-electron chi connectivity index (χ4n) is 3.12. The van der Waals surface area contributed by atoms with Crippen LogP contribution in [0, 0.1) is 0 Å². The first-order valence-corrected chi connectivity index (χ1v) is 8.28. The third-order valence-electron chi connectivity index (χ3n) is 4.43. The van der Waals surface area contributed by atoms with E-state index in [1.807, 2.05) is 48.5 Å². The lowest BCUT2D eigenvalue weighted by Crippen LogP contribution is -2.40. The summed E-state index contributed by atoms with van der Waals surface area (Å²) in [6.07, 6.45) is 2.71. The highest BCUT2D eigenvalue weighted by atomic mass is 16.3. The van der Waals surface area contributed by atoms with Crippen LogP contribution in [0.4, 0.5) is 5.82 Å². The van der Waals surface area contributed by atoms with Crippen LogP contribution in [-0.4, -0.2) is 35.1 Å². The molecular formula is C19H23N3O2. The molecule has 0 saturated carbocycles. The lowest BCUT2D eigenvalue weighted by molar-refractivity contribution is -0.126. The number of hydrogen-bond donors (Lipinski definition) is 2. The van der Waals surface area contributed by atoms with Crippen molar-refractivity contribution in [2.75, 3.05) is 18.0 Å². The number of anilines is 1. The Morgan fingerprint density at radius 2 is 2.04 bits per heavy atom. The van der Waals surface area contributed by atoms with Crippen molar-refractivity contribution in [3.8, 4) is 0 Å². The van der Waals surface area contributed by atoms with E-state index < -0.39 is 5.60 Å². The largest absolute Gasteiger partial charge is 0.385 e. The van der Waals surface area contributed by atoms with Gasteiger partial charge in [-0.1, -0.05) is 36.4 Å². The van der Waals surface area contributed by atoms with Gasteiger partial charge in [0.15, 0.2) is 0 Å². The minimum Gasteiger partial charge on any atom is -0.385 e. The monoisotopic (exact) mass is 325 g/mol. The second kappa shape index (κ2) is 7.01. The number of nitrogens with zero attached hydrogens (tertiary/aromatic N) is 2. The average Bonchev–Trinajstić information content (AvgIpc) is 3.04. The number of pyridine rings is 1. The predicted octanol–water partition coefficient (Wildman–Crippen LogP) is 2.07. The summed E-state index contributed by atoms with van der Waals surface area (Å²) in [4.78, 5) is 18.8. The number of aliphatic hydroxyl groups is 1. The Hall–Kier alpha value is -2.40. The quantitative estimate of drug-likeness (QED) is 0.883. The second-order valence-corrected chi connectivity index (χ2v) is 6.50. The molecule has 1 saturated heterocycles. The Labute approximate surface area is 142 Å². The normalized spacial score (nSPS) is 19.8. The standard InChI is InChI=1S/C19H23N3O2/c1-19(24,15-7-3-2-4-8-15)13-18(23)21-16-10-12-22(14-16)17-9-5-6-11-20-17/h2-9,11,16,24H,10,12-14H2,1H3,(H,21,23). The molecule has 24 heavy (non-hydrogen) atoms. The molecule has 1 aliphatic heterocycles. The molecule has 126 valence electrons. The van der Waals surface area contributed by atoms with Crippen molar-refractivity contribution in [3.63, 3.8) is 0 Å². The summed E-state index contributed by atoms with van der Waals surface area (Å²) in [5, 5.41) is 13.6. The van der Waals surface area contributed by atoms with Crippen LogP contribution in [0.15, 0.2) is 54.7 Å². The van der Waals surface area contributed by atoms with Crippen LogP contribution < -0.4 is 10.2 Å². The SMILES string of the molecule is CC(O)(CC(=O)NC1CCN(c2ccccn2)C1)c1ccccc1. The molecule has 3 rings (SSSR count). The van der Waals surface area contributed by atoms with Gasteiger partial charge in [-0.2, -0.15) is 0 Å². The van der Waals surface area contributed by atoms with Gasteiger partial charge in [-0.05, 0) is 31.0 Å². The van der Waals surface area contributed by atoms with Crippen molar-refractivity contribution in [2.24, 2.45) is 0 Å². The van der Waals surface area contributed by atoms with Gasteiger partial charge < -0.3 is 15.3 Å². The molecule has 1 aliphatic rings. The Morgan fingerprint density at radius 1 is 1.29 bits per heavy atom. The molecule has 1 aromatic carbocycles. The molecule has 1 amide bonds.